The molecule has 0 aliphatic heterocycles. The van der Waals surface area contributed by atoms with Gasteiger partial charge in [0.05, 0.1) is 21.1 Å². The maximum atomic E-state index is 12.4. The molecule has 1 N–H and O–H groups in total. The lowest BCUT2D eigenvalue weighted by molar-refractivity contribution is -0.122. The van der Waals surface area contributed by atoms with Crippen LogP contribution in [-0.2, 0) is 16.9 Å². The van der Waals surface area contributed by atoms with Gasteiger partial charge in [-0.1, -0.05) is 41.4 Å². The van der Waals surface area contributed by atoms with Gasteiger partial charge >= 0.3 is 5.76 Å². The number of rotatable bonds is 6. The standard InChI is InChI=1S/C20H20Cl2N2O3/c1-20(2,13-9-10-14(21)15(22)12-13)23-18(25)8-5-11-24-16-6-3-4-7-17(16)27-19(24)26/h3-4,6-7,9-10,12H,5,8,11H2,1-2H3,(H,23,25). The Hall–Kier alpha value is -2.24. The van der Waals surface area contributed by atoms with Gasteiger partial charge in [0.15, 0.2) is 5.58 Å². The molecular weight excluding hydrogens is 387 g/mol. The number of hydrogen-bond acceptors (Lipinski definition) is 3. The summed E-state index contributed by atoms with van der Waals surface area (Å²) in [7, 11) is 0. The van der Waals surface area contributed by atoms with Gasteiger partial charge in [0.2, 0.25) is 5.91 Å². The van der Waals surface area contributed by atoms with Crippen LogP contribution in [0.5, 0.6) is 0 Å². The summed E-state index contributed by atoms with van der Waals surface area (Å²) >= 11 is 12.0. The molecule has 0 fully saturated rings. The number of fused-ring (bicyclic) bond motifs is 1. The van der Waals surface area contributed by atoms with Crippen molar-refractivity contribution in [2.24, 2.45) is 0 Å². The van der Waals surface area contributed by atoms with E-state index in [0.717, 1.165) is 11.1 Å². The first-order chi connectivity index (χ1) is 12.8. The fourth-order valence-corrected chi connectivity index (χ4v) is 3.29. The number of carbonyl (C=O) groups is 1. The Bertz CT molecular complexity index is 1040. The molecule has 0 atom stereocenters. The second-order valence-corrected chi connectivity index (χ2v) is 7.71. The molecule has 27 heavy (non-hydrogen) atoms. The number of halogens is 2. The van der Waals surface area contributed by atoms with Crippen LogP contribution in [0.3, 0.4) is 0 Å². The van der Waals surface area contributed by atoms with Crippen LogP contribution in [0.4, 0.5) is 0 Å². The molecular formula is C20H20Cl2N2O3. The third-order valence-corrected chi connectivity index (χ3v) is 5.19. The van der Waals surface area contributed by atoms with E-state index in [9.17, 15) is 9.59 Å². The second kappa shape index (κ2) is 7.79. The third-order valence-electron chi connectivity index (χ3n) is 4.45. The number of benzene rings is 2. The van der Waals surface area contributed by atoms with E-state index in [4.69, 9.17) is 27.6 Å². The summed E-state index contributed by atoms with van der Waals surface area (Å²) in [6.07, 6.45) is 0.809. The Balaban J connectivity index is 1.61. The minimum absolute atomic E-state index is 0.105. The first kappa shape index (κ1) is 19.5. The van der Waals surface area contributed by atoms with Gasteiger partial charge in [-0.05, 0) is 50.1 Å². The predicted octanol–water partition coefficient (Wildman–Crippen LogP) is 4.73. The van der Waals surface area contributed by atoms with Crippen molar-refractivity contribution in [3.63, 3.8) is 0 Å². The molecule has 0 radical (unpaired) electrons. The zero-order valence-electron chi connectivity index (χ0n) is 15.1. The van der Waals surface area contributed by atoms with E-state index < -0.39 is 11.3 Å². The predicted molar refractivity (Wildman–Crippen MR) is 107 cm³/mol. The van der Waals surface area contributed by atoms with Gasteiger partial charge in [-0.15, -0.1) is 0 Å². The minimum Gasteiger partial charge on any atom is -0.408 e. The largest absolute Gasteiger partial charge is 0.419 e. The fraction of sp³-hybridized carbons (Fsp3) is 0.300. The first-order valence-corrected chi connectivity index (χ1v) is 9.38. The van der Waals surface area contributed by atoms with Gasteiger partial charge in [-0.25, -0.2) is 4.79 Å². The summed E-state index contributed by atoms with van der Waals surface area (Å²) in [5.41, 5.74) is 1.55. The number of aryl methyl sites for hydroxylation is 1. The Morgan fingerprint density at radius 3 is 2.63 bits per heavy atom. The molecule has 5 nitrogen and oxygen atoms in total. The molecule has 0 bridgehead atoms. The van der Waals surface area contributed by atoms with Crippen molar-refractivity contribution in [1.82, 2.24) is 9.88 Å². The number of hydrogen-bond donors (Lipinski definition) is 1. The minimum atomic E-state index is -0.593. The van der Waals surface area contributed by atoms with E-state index in [0.29, 0.717) is 28.6 Å². The summed E-state index contributed by atoms with van der Waals surface area (Å²) in [5.74, 6) is -0.514. The zero-order chi connectivity index (χ0) is 19.6. The van der Waals surface area contributed by atoms with E-state index in [1.54, 1.807) is 22.8 Å². The average Bonchev–Trinajstić information content (AvgIpc) is 2.92. The van der Waals surface area contributed by atoms with Crippen LogP contribution in [0.1, 0.15) is 32.3 Å². The summed E-state index contributed by atoms with van der Waals surface area (Å²) in [5, 5.41) is 3.92. The number of para-hydroxylation sites is 2. The third kappa shape index (κ3) is 4.37. The van der Waals surface area contributed by atoms with E-state index in [1.165, 1.54) is 0 Å². The van der Waals surface area contributed by atoms with Crippen molar-refractivity contribution >= 4 is 40.2 Å². The van der Waals surface area contributed by atoms with Crippen molar-refractivity contribution in [2.75, 3.05) is 0 Å². The Labute approximate surface area is 166 Å². The van der Waals surface area contributed by atoms with Gasteiger partial charge in [0.25, 0.3) is 0 Å². The average molecular weight is 407 g/mol. The molecule has 3 aromatic rings. The number of oxazole rings is 1. The Kier molecular flexibility index (Phi) is 5.63. The van der Waals surface area contributed by atoms with Crippen LogP contribution in [0, 0.1) is 0 Å². The Morgan fingerprint density at radius 2 is 1.89 bits per heavy atom. The van der Waals surface area contributed by atoms with Gasteiger partial charge in [0, 0.05) is 13.0 Å². The first-order valence-electron chi connectivity index (χ1n) is 8.63. The van der Waals surface area contributed by atoms with Crippen LogP contribution in [-0.4, -0.2) is 10.5 Å². The lowest BCUT2D eigenvalue weighted by Crippen LogP contribution is -2.41. The summed E-state index contributed by atoms with van der Waals surface area (Å²) in [4.78, 5) is 24.3. The highest BCUT2D eigenvalue weighted by atomic mass is 35.5. The number of aromatic nitrogens is 1. The number of amides is 1. The second-order valence-electron chi connectivity index (χ2n) is 6.89. The SMILES string of the molecule is CC(C)(NC(=O)CCCn1c(=O)oc2ccccc21)c1ccc(Cl)c(Cl)c1. The molecule has 1 aromatic heterocycles. The molecule has 1 heterocycles. The van der Waals surface area contributed by atoms with Crippen LogP contribution in [0.15, 0.2) is 51.7 Å². The van der Waals surface area contributed by atoms with Crippen molar-refractivity contribution in [2.45, 2.75) is 38.8 Å². The van der Waals surface area contributed by atoms with Crippen molar-refractivity contribution in [3.05, 3.63) is 68.6 Å². The highest BCUT2D eigenvalue weighted by Gasteiger charge is 2.23. The normalized spacial score (nSPS) is 11.7. The number of carbonyl (C=O) groups excluding carboxylic acids is 1. The van der Waals surface area contributed by atoms with Gasteiger partial charge in [-0.3, -0.25) is 9.36 Å². The van der Waals surface area contributed by atoms with Crippen LogP contribution in [0.25, 0.3) is 11.1 Å². The molecule has 2 aromatic carbocycles. The highest BCUT2D eigenvalue weighted by Crippen LogP contribution is 2.28. The number of nitrogens with zero attached hydrogens (tertiary/aromatic N) is 1. The van der Waals surface area contributed by atoms with Gasteiger partial charge in [0.1, 0.15) is 0 Å². The zero-order valence-corrected chi connectivity index (χ0v) is 16.6. The molecule has 0 spiro atoms. The monoisotopic (exact) mass is 406 g/mol. The van der Waals surface area contributed by atoms with Crippen LogP contribution >= 0.6 is 23.2 Å². The van der Waals surface area contributed by atoms with E-state index in [1.807, 2.05) is 38.1 Å². The van der Waals surface area contributed by atoms with Crippen molar-refractivity contribution < 1.29 is 9.21 Å². The smallest absolute Gasteiger partial charge is 0.408 e. The van der Waals surface area contributed by atoms with Crippen molar-refractivity contribution in [3.8, 4) is 0 Å². The summed E-state index contributed by atoms with van der Waals surface area (Å²) in [6, 6.07) is 12.5. The number of nitrogens with one attached hydrogen (secondary N) is 1. The fourth-order valence-electron chi connectivity index (χ4n) is 2.99. The van der Waals surface area contributed by atoms with E-state index in [2.05, 4.69) is 5.32 Å². The maximum absolute atomic E-state index is 12.4. The van der Waals surface area contributed by atoms with Gasteiger partial charge in [-0.2, -0.15) is 0 Å². The lowest BCUT2D eigenvalue weighted by atomic mass is 9.94. The summed E-state index contributed by atoms with van der Waals surface area (Å²) in [6.45, 7) is 4.22. The maximum Gasteiger partial charge on any atom is 0.419 e. The molecule has 3 rings (SSSR count). The van der Waals surface area contributed by atoms with Crippen LogP contribution < -0.4 is 11.1 Å². The highest BCUT2D eigenvalue weighted by molar-refractivity contribution is 6.42. The molecule has 0 saturated carbocycles. The molecule has 0 aliphatic rings. The van der Waals surface area contributed by atoms with E-state index >= 15 is 0 Å². The summed E-state index contributed by atoms with van der Waals surface area (Å²) < 4.78 is 6.75. The molecule has 142 valence electrons. The van der Waals surface area contributed by atoms with Gasteiger partial charge < -0.3 is 9.73 Å². The topological polar surface area (TPSA) is 64.2 Å². The molecule has 0 aliphatic carbocycles. The molecule has 0 unspecified atom stereocenters. The molecule has 7 heteroatoms. The lowest BCUT2D eigenvalue weighted by Gasteiger charge is -2.27. The van der Waals surface area contributed by atoms with E-state index in [-0.39, 0.29) is 12.3 Å². The quantitative estimate of drug-likeness (QED) is 0.643. The molecule has 1 amide bonds. The molecule has 0 saturated heterocycles. The Morgan fingerprint density at radius 1 is 1.15 bits per heavy atom. The van der Waals surface area contributed by atoms with Crippen molar-refractivity contribution in [1.29, 1.82) is 0 Å². The van der Waals surface area contributed by atoms with Crippen LogP contribution in [0.2, 0.25) is 10.0 Å².